The van der Waals surface area contributed by atoms with Gasteiger partial charge in [-0.1, -0.05) is 0 Å². The minimum absolute atomic E-state index is 0.136. The summed E-state index contributed by atoms with van der Waals surface area (Å²) in [6.45, 7) is 11.7. The Morgan fingerprint density at radius 3 is 2.79 bits per heavy atom. The van der Waals surface area contributed by atoms with E-state index in [1.807, 2.05) is 17.8 Å². The fourth-order valence-corrected chi connectivity index (χ4v) is 1.69. The molecular formula is C14H27N3O2. The van der Waals surface area contributed by atoms with Crippen molar-refractivity contribution in [3.8, 4) is 5.75 Å². The van der Waals surface area contributed by atoms with E-state index in [2.05, 4.69) is 31.2 Å². The van der Waals surface area contributed by atoms with E-state index in [0.29, 0.717) is 6.04 Å². The molecule has 0 spiro atoms. The molecule has 0 saturated carbocycles. The summed E-state index contributed by atoms with van der Waals surface area (Å²) in [4.78, 5) is 0. The Bertz CT molecular complexity index is 339. The maximum atomic E-state index is 5.80. The lowest BCUT2D eigenvalue weighted by atomic mass is 10.3. The lowest BCUT2D eigenvalue weighted by Crippen LogP contribution is -2.30. The molecule has 1 heterocycles. The van der Waals surface area contributed by atoms with Crippen LogP contribution in [0.5, 0.6) is 5.75 Å². The van der Waals surface area contributed by atoms with Crippen LogP contribution in [0.3, 0.4) is 0 Å². The smallest absolute Gasteiger partial charge is 0.157 e. The van der Waals surface area contributed by atoms with Gasteiger partial charge < -0.3 is 14.8 Å². The second kappa shape index (κ2) is 8.93. The highest BCUT2D eigenvalue weighted by atomic mass is 16.5. The molecule has 0 aromatic carbocycles. The lowest BCUT2D eigenvalue weighted by Gasteiger charge is -2.14. The molecule has 1 unspecified atom stereocenters. The van der Waals surface area contributed by atoms with Gasteiger partial charge in [0.1, 0.15) is 6.10 Å². The molecule has 19 heavy (non-hydrogen) atoms. The van der Waals surface area contributed by atoms with Crippen LogP contribution in [0.1, 0.15) is 40.2 Å². The lowest BCUT2D eigenvalue weighted by molar-refractivity contribution is 0.143. The molecule has 0 aliphatic carbocycles. The first-order chi connectivity index (χ1) is 9.13. The minimum atomic E-state index is 0.136. The van der Waals surface area contributed by atoms with Crippen LogP contribution in [-0.4, -0.2) is 42.2 Å². The predicted octanol–water partition coefficient (Wildman–Crippen LogP) is 2.25. The number of hydrogen-bond acceptors (Lipinski definition) is 4. The van der Waals surface area contributed by atoms with Gasteiger partial charge in [-0.2, -0.15) is 5.10 Å². The summed E-state index contributed by atoms with van der Waals surface area (Å²) in [6, 6.07) is 0.365. The number of nitrogens with zero attached hydrogens (tertiary/aromatic N) is 2. The molecule has 0 aliphatic heterocycles. The van der Waals surface area contributed by atoms with Crippen LogP contribution in [0.2, 0.25) is 0 Å². The average Bonchev–Trinajstić information content (AvgIpc) is 2.82. The molecular weight excluding hydrogens is 242 g/mol. The SMILES string of the molecule is CCOCCCNCC(C)Oc1cnn(C(C)C)c1. The molecule has 1 aromatic rings. The second-order valence-corrected chi connectivity index (χ2v) is 4.93. The first kappa shape index (κ1) is 16.0. The highest BCUT2D eigenvalue weighted by Gasteiger charge is 2.07. The predicted molar refractivity (Wildman–Crippen MR) is 76.7 cm³/mol. The average molecular weight is 269 g/mol. The third-order valence-corrected chi connectivity index (χ3v) is 2.72. The minimum Gasteiger partial charge on any atom is -0.486 e. The first-order valence-electron chi connectivity index (χ1n) is 7.12. The third kappa shape index (κ3) is 6.59. The topological polar surface area (TPSA) is 48.3 Å². The van der Waals surface area contributed by atoms with Crippen molar-refractivity contribution in [1.82, 2.24) is 15.1 Å². The monoisotopic (exact) mass is 269 g/mol. The molecule has 1 rings (SSSR count). The van der Waals surface area contributed by atoms with Gasteiger partial charge in [-0.15, -0.1) is 0 Å². The largest absolute Gasteiger partial charge is 0.486 e. The van der Waals surface area contributed by atoms with E-state index < -0.39 is 0 Å². The van der Waals surface area contributed by atoms with Gasteiger partial charge in [-0.05, 0) is 40.7 Å². The molecule has 5 nitrogen and oxygen atoms in total. The summed E-state index contributed by atoms with van der Waals surface area (Å²) >= 11 is 0. The zero-order valence-corrected chi connectivity index (χ0v) is 12.6. The normalized spacial score (nSPS) is 12.9. The first-order valence-corrected chi connectivity index (χ1v) is 7.12. The van der Waals surface area contributed by atoms with Gasteiger partial charge in [-0.25, -0.2) is 0 Å². The quantitative estimate of drug-likeness (QED) is 0.662. The second-order valence-electron chi connectivity index (χ2n) is 4.93. The Morgan fingerprint density at radius 1 is 1.37 bits per heavy atom. The van der Waals surface area contributed by atoms with Crippen molar-refractivity contribution in [3.05, 3.63) is 12.4 Å². The van der Waals surface area contributed by atoms with E-state index in [1.54, 1.807) is 6.20 Å². The number of nitrogens with one attached hydrogen (secondary N) is 1. The van der Waals surface area contributed by atoms with E-state index in [1.165, 1.54) is 0 Å². The fraction of sp³-hybridized carbons (Fsp3) is 0.786. The molecule has 0 amide bonds. The summed E-state index contributed by atoms with van der Waals surface area (Å²) in [7, 11) is 0. The summed E-state index contributed by atoms with van der Waals surface area (Å²) in [5, 5.41) is 7.62. The fourth-order valence-electron chi connectivity index (χ4n) is 1.69. The van der Waals surface area contributed by atoms with Crippen LogP contribution in [0.4, 0.5) is 0 Å². The highest BCUT2D eigenvalue weighted by Crippen LogP contribution is 2.13. The molecule has 5 heteroatoms. The van der Waals surface area contributed by atoms with Gasteiger partial charge in [0, 0.05) is 25.8 Å². The number of ether oxygens (including phenoxy) is 2. The number of aromatic nitrogens is 2. The van der Waals surface area contributed by atoms with E-state index in [-0.39, 0.29) is 6.10 Å². The Hall–Kier alpha value is -1.07. The van der Waals surface area contributed by atoms with Crippen molar-refractivity contribution < 1.29 is 9.47 Å². The zero-order chi connectivity index (χ0) is 14.1. The summed E-state index contributed by atoms with van der Waals surface area (Å²) < 4.78 is 13.0. The zero-order valence-electron chi connectivity index (χ0n) is 12.6. The molecule has 0 bridgehead atoms. The Morgan fingerprint density at radius 2 is 2.16 bits per heavy atom. The van der Waals surface area contributed by atoms with Crippen LogP contribution in [0.15, 0.2) is 12.4 Å². The number of hydrogen-bond donors (Lipinski definition) is 1. The molecule has 0 saturated heterocycles. The maximum Gasteiger partial charge on any atom is 0.157 e. The third-order valence-electron chi connectivity index (χ3n) is 2.72. The molecule has 0 aliphatic rings. The van der Waals surface area contributed by atoms with Gasteiger partial charge in [0.2, 0.25) is 0 Å². The summed E-state index contributed by atoms with van der Waals surface area (Å²) in [5.41, 5.74) is 0. The van der Waals surface area contributed by atoms with Crippen molar-refractivity contribution in [1.29, 1.82) is 0 Å². The maximum absolute atomic E-state index is 5.80. The van der Waals surface area contributed by atoms with E-state index >= 15 is 0 Å². The van der Waals surface area contributed by atoms with Crippen molar-refractivity contribution in [2.24, 2.45) is 0 Å². The van der Waals surface area contributed by atoms with Crippen LogP contribution >= 0.6 is 0 Å². The molecule has 1 N–H and O–H groups in total. The standard InChI is InChI=1S/C14H27N3O2/c1-5-18-8-6-7-15-9-13(4)19-14-10-16-17(11-14)12(2)3/h10-13,15H,5-9H2,1-4H3. The van der Waals surface area contributed by atoms with E-state index in [9.17, 15) is 0 Å². The van der Waals surface area contributed by atoms with Crippen LogP contribution in [0.25, 0.3) is 0 Å². The Labute approximate surface area is 116 Å². The molecule has 1 aromatic heterocycles. The molecule has 1 atom stereocenters. The molecule has 0 fully saturated rings. The van der Waals surface area contributed by atoms with E-state index in [4.69, 9.17) is 9.47 Å². The van der Waals surface area contributed by atoms with Crippen LogP contribution < -0.4 is 10.1 Å². The van der Waals surface area contributed by atoms with Crippen LogP contribution in [0, 0.1) is 0 Å². The Kier molecular flexibility index (Phi) is 7.52. The van der Waals surface area contributed by atoms with Gasteiger partial charge in [0.05, 0.1) is 12.4 Å². The van der Waals surface area contributed by atoms with E-state index in [0.717, 1.165) is 38.5 Å². The Balaban J connectivity index is 2.14. The van der Waals surface area contributed by atoms with Crippen molar-refractivity contribution in [3.63, 3.8) is 0 Å². The van der Waals surface area contributed by atoms with Gasteiger partial charge in [-0.3, -0.25) is 4.68 Å². The van der Waals surface area contributed by atoms with Crippen molar-refractivity contribution in [2.75, 3.05) is 26.3 Å². The summed E-state index contributed by atoms with van der Waals surface area (Å²) in [5.74, 6) is 0.831. The highest BCUT2D eigenvalue weighted by molar-refractivity contribution is 5.12. The van der Waals surface area contributed by atoms with Gasteiger partial charge in [0.15, 0.2) is 5.75 Å². The van der Waals surface area contributed by atoms with Gasteiger partial charge in [0.25, 0.3) is 0 Å². The van der Waals surface area contributed by atoms with Crippen LogP contribution in [-0.2, 0) is 4.74 Å². The van der Waals surface area contributed by atoms with Gasteiger partial charge >= 0.3 is 0 Å². The van der Waals surface area contributed by atoms with Crippen molar-refractivity contribution in [2.45, 2.75) is 46.3 Å². The molecule has 0 radical (unpaired) electrons. The number of rotatable bonds is 10. The summed E-state index contributed by atoms with van der Waals surface area (Å²) in [6.07, 6.45) is 4.88. The van der Waals surface area contributed by atoms with Crippen molar-refractivity contribution >= 4 is 0 Å². The molecule has 110 valence electrons.